The van der Waals surface area contributed by atoms with Crippen molar-refractivity contribution in [2.24, 2.45) is 15.0 Å². The summed E-state index contributed by atoms with van der Waals surface area (Å²) < 4.78 is 0. The number of hydrogen-bond acceptors (Lipinski definition) is 3. The first-order valence-corrected chi connectivity index (χ1v) is 11.3. The molecule has 0 aromatic heterocycles. The second-order valence-electron chi connectivity index (χ2n) is 8.98. The molecule has 0 spiro atoms. The zero-order chi connectivity index (χ0) is 24.4. The van der Waals surface area contributed by atoms with Crippen LogP contribution in [0.3, 0.4) is 0 Å². The third-order valence-corrected chi connectivity index (χ3v) is 2.67. The van der Waals surface area contributed by atoms with Crippen LogP contribution in [0.15, 0.2) is 15.0 Å². The molecule has 7 heteroatoms. The van der Waals surface area contributed by atoms with E-state index < -0.39 is 0 Å². The molecule has 6 nitrogen and oxygen atoms in total. The van der Waals surface area contributed by atoms with E-state index in [1.54, 1.807) is 0 Å². The predicted octanol–water partition coefficient (Wildman–Crippen LogP) is 7.79. The first kappa shape index (κ1) is 37.9. The minimum Gasteiger partial charge on any atom is -0.467 e. The third kappa shape index (κ3) is 40.5. The third-order valence-electron chi connectivity index (χ3n) is 2.67. The molecule has 0 aromatic rings. The molecule has 0 rings (SSSR count). The van der Waals surface area contributed by atoms with Gasteiger partial charge in [-0.3, -0.25) is 0 Å². The Balaban J connectivity index is -0.000000174. The zero-order valence-electron chi connectivity index (χ0n) is 23.2. The standard InChI is InChI=1S/3C8H17N2.La/c3*1-6(2)9-8(5)10-7(3)4;/h3*6-7H,1-5H3;/q3*-1;+3. The minimum atomic E-state index is 0. The van der Waals surface area contributed by atoms with Crippen molar-refractivity contribution >= 4 is 17.5 Å². The number of amidine groups is 3. The van der Waals surface area contributed by atoms with Crippen LogP contribution >= 0.6 is 0 Å². The Hall–Kier alpha value is -0.395. The molecule has 31 heavy (non-hydrogen) atoms. The van der Waals surface area contributed by atoms with Crippen LogP contribution in [0.2, 0.25) is 0 Å². The van der Waals surface area contributed by atoms with Crippen molar-refractivity contribution in [3.63, 3.8) is 0 Å². The Morgan fingerprint density at radius 2 is 0.581 bits per heavy atom. The van der Waals surface area contributed by atoms with E-state index in [1.807, 2.05) is 20.8 Å². The molecule has 0 fully saturated rings. The van der Waals surface area contributed by atoms with E-state index >= 15 is 0 Å². The molecule has 0 aliphatic rings. The molecule has 0 aliphatic heterocycles. The van der Waals surface area contributed by atoms with Gasteiger partial charge in [0, 0.05) is 0 Å². The average molecular weight is 563 g/mol. The summed E-state index contributed by atoms with van der Waals surface area (Å²) in [6, 6.07) is 2.18. The van der Waals surface area contributed by atoms with Crippen LogP contribution in [0.25, 0.3) is 16.0 Å². The van der Waals surface area contributed by atoms with Gasteiger partial charge < -0.3 is 30.9 Å². The van der Waals surface area contributed by atoms with Gasteiger partial charge in [-0.15, -0.1) is 0 Å². The van der Waals surface area contributed by atoms with Gasteiger partial charge in [0.15, 0.2) is 0 Å². The summed E-state index contributed by atoms with van der Waals surface area (Å²) in [5.41, 5.74) is 0. The molecule has 0 N–H and O–H groups in total. The molecule has 0 saturated carbocycles. The van der Waals surface area contributed by atoms with Crippen molar-refractivity contribution in [2.75, 3.05) is 0 Å². The van der Waals surface area contributed by atoms with Crippen LogP contribution < -0.4 is 0 Å². The van der Waals surface area contributed by atoms with Gasteiger partial charge in [0.25, 0.3) is 0 Å². The van der Waals surface area contributed by atoms with E-state index in [4.69, 9.17) is 0 Å². The molecule has 0 aliphatic carbocycles. The van der Waals surface area contributed by atoms with E-state index in [0.717, 1.165) is 17.5 Å². The average Bonchev–Trinajstić information content (AvgIpc) is 2.42. The Bertz CT molecular complexity index is 421. The van der Waals surface area contributed by atoms with Crippen molar-refractivity contribution in [3.8, 4) is 0 Å². The van der Waals surface area contributed by atoms with Gasteiger partial charge in [-0.05, 0) is 57.0 Å². The van der Waals surface area contributed by atoms with Gasteiger partial charge in [-0.25, -0.2) is 0 Å². The maximum absolute atomic E-state index is 4.27. The van der Waals surface area contributed by atoms with E-state index in [1.165, 1.54) is 0 Å². The van der Waals surface area contributed by atoms with Crippen molar-refractivity contribution in [3.05, 3.63) is 16.0 Å². The topological polar surface area (TPSA) is 79.4 Å². The van der Waals surface area contributed by atoms with Crippen LogP contribution in [0.1, 0.15) is 104 Å². The second kappa shape index (κ2) is 22.8. The molecular weight excluding hydrogens is 511 g/mol. The fraction of sp³-hybridized carbons (Fsp3) is 0.875. The van der Waals surface area contributed by atoms with Crippen LogP contribution in [0, 0.1) is 35.6 Å². The summed E-state index contributed by atoms with van der Waals surface area (Å²) in [6.07, 6.45) is 0. The molecule has 0 saturated heterocycles. The predicted molar refractivity (Wildman–Crippen MR) is 140 cm³/mol. The quantitative estimate of drug-likeness (QED) is 0.234. The Labute approximate surface area is 223 Å². The number of rotatable bonds is 6. The van der Waals surface area contributed by atoms with Crippen LogP contribution in [0.4, 0.5) is 0 Å². The Morgan fingerprint density at radius 1 is 0.419 bits per heavy atom. The normalized spacial score (nSPS) is 12.5. The number of aliphatic imine (C=N–C) groups is 3. The SMILES string of the molecule is CC(=NC(C)C)[N-]C(C)C.CC(=NC(C)C)[N-]C(C)C.CC(=NC(C)C)[N-]C(C)C.[La+3]. The van der Waals surface area contributed by atoms with E-state index in [0.29, 0.717) is 36.3 Å². The van der Waals surface area contributed by atoms with Crippen LogP contribution in [-0.4, -0.2) is 53.8 Å². The zero-order valence-corrected chi connectivity index (χ0v) is 26.9. The van der Waals surface area contributed by atoms with Crippen molar-refractivity contribution < 1.29 is 35.6 Å². The van der Waals surface area contributed by atoms with Crippen LogP contribution in [0.5, 0.6) is 0 Å². The summed E-state index contributed by atoms with van der Waals surface area (Å²) in [5.74, 6) is 2.72. The second-order valence-corrected chi connectivity index (χ2v) is 8.98. The van der Waals surface area contributed by atoms with Gasteiger partial charge in [0.05, 0.1) is 0 Å². The van der Waals surface area contributed by atoms with E-state index in [2.05, 4.69) is 114 Å². The molecule has 0 aromatic carbocycles. The number of hydrogen-bond donors (Lipinski definition) is 0. The largest absolute Gasteiger partial charge is 3.00 e. The fourth-order valence-corrected chi connectivity index (χ4v) is 2.34. The molecule has 0 heterocycles. The molecule has 0 atom stereocenters. The fourth-order valence-electron chi connectivity index (χ4n) is 2.34. The molecule has 0 amide bonds. The maximum Gasteiger partial charge on any atom is 3.00 e. The minimum absolute atomic E-state index is 0. The Morgan fingerprint density at radius 3 is 0.677 bits per heavy atom. The van der Waals surface area contributed by atoms with Crippen molar-refractivity contribution in [2.45, 2.75) is 140 Å². The van der Waals surface area contributed by atoms with Gasteiger partial charge in [0.1, 0.15) is 0 Å². The molecular formula is C24H51LaN6. The van der Waals surface area contributed by atoms with Gasteiger partial charge in [-0.2, -0.15) is 0 Å². The molecule has 180 valence electrons. The molecule has 0 unspecified atom stereocenters. The maximum atomic E-state index is 4.27. The molecule has 0 bridgehead atoms. The van der Waals surface area contributed by atoms with Crippen LogP contribution in [-0.2, 0) is 0 Å². The monoisotopic (exact) mass is 562 g/mol. The van der Waals surface area contributed by atoms with Crippen molar-refractivity contribution in [1.29, 1.82) is 0 Å². The summed E-state index contributed by atoms with van der Waals surface area (Å²) in [5, 5.41) is 12.8. The first-order valence-electron chi connectivity index (χ1n) is 11.3. The first-order chi connectivity index (χ1) is 13.6. The van der Waals surface area contributed by atoms with E-state index in [-0.39, 0.29) is 35.6 Å². The van der Waals surface area contributed by atoms with Gasteiger partial charge in [-0.1, -0.05) is 101 Å². The Kier molecular flexibility index (Phi) is 27.9. The summed E-state index contributed by atoms with van der Waals surface area (Å²) in [4.78, 5) is 12.8. The van der Waals surface area contributed by atoms with E-state index in [9.17, 15) is 0 Å². The van der Waals surface area contributed by atoms with Gasteiger partial charge >= 0.3 is 35.6 Å². The summed E-state index contributed by atoms with van der Waals surface area (Å²) >= 11 is 0. The van der Waals surface area contributed by atoms with Gasteiger partial charge in [0.2, 0.25) is 0 Å². The smallest absolute Gasteiger partial charge is 0.467 e. The molecule has 0 radical (unpaired) electrons. The van der Waals surface area contributed by atoms with Crippen molar-refractivity contribution in [1.82, 2.24) is 0 Å². The summed E-state index contributed by atoms with van der Waals surface area (Å²) in [7, 11) is 0. The number of nitrogens with zero attached hydrogens (tertiary/aromatic N) is 6. The summed E-state index contributed by atoms with van der Waals surface area (Å²) in [6.45, 7) is 30.5.